The maximum Gasteiger partial charge on any atom is 0.415 e. The number of nitrogens with zero attached hydrogens (tertiary/aromatic N) is 3. The van der Waals surface area contributed by atoms with Crippen molar-refractivity contribution in [2.24, 2.45) is 22.7 Å². The molecule has 2 aromatic rings. The molecule has 2 aromatic carbocycles. The van der Waals surface area contributed by atoms with Gasteiger partial charge in [-0.05, 0) is 47.9 Å². The summed E-state index contributed by atoms with van der Waals surface area (Å²) in [4.78, 5) is 44.5. The normalized spacial score (nSPS) is 20.3. The standard InChI is InChI=1S/C29H35N5O6/c1-18(2)23-15-24(26(36)16-25(23)35)27(32-30)31-21-7-3-19(4-8-21)17-33-11-13-34(14-12-33)29(39)40-22-9-5-20(6-10-22)28(37)38/h3-10,15,18,23,25,35H,11-14,16-17,30H2,1-2H3,(H,31,32)(H,37,38). The average molecular weight is 550 g/mol. The molecule has 2 atom stereocenters. The Morgan fingerprint density at radius 2 is 1.73 bits per heavy atom. The van der Waals surface area contributed by atoms with Crippen LogP contribution in [0.5, 0.6) is 5.75 Å². The Bertz CT molecular complexity index is 1280. The van der Waals surface area contributed by atoms with E-state index in [9.17, 15) is 19.5 Å². The molecule has 0 saturated carbocycles. The number of piperazine rings is 1. The molecule has 0 radical (unpaired) electrons. The number of aliphatic imine (C=N–C) groups is 1. The Morgan fingerprint density at radius 1 is 1.07 bits per heavy atom. The van der Waals surface area contributed by atoms with Gasteiger partial charge >= 0.3 is 12.1 Å². The van der Waals surface area contributed by atoms with Gasteiger partial charge in [0.2, 0.25) is 0 Å². The van der Waals surface area contributed by atoms with Crippen LogP contribution in [0.2, 0.25) is 0 Å². The quantitative estimate of drug-likeness (QED) is 0.176. The lowest BCUT2D eigenvalue weighted by Gasteiger charge is -2.34. The van der Waals surface area contributed by atoms with Gasteiger partial charge in [0.1, 0.15) is 5.75 Å². The van der Waals surface area contributed by atoms with E-state index in [4.69, 9.17) is 15.7 Å². The third-order valence-corrected chi connectivity index (χ3v) is 7.18. The maximum absolute atomic E-state index is 12.6. The molecule has 1 saturated heterocycles. The summed E-state index contributed by atoms with van der Waals surface area (Å²) in [5, 5.41) is 19.2. The number of carbonyl (C=O) groups excluding carboxylic acids is 2. The predicted octanol–water partition coefficient (Wildman–Crippen LogP) is 2.73. The Hall–Kier alpha value is -4.06. The number of ether oxygens (including phenoxy) is 1. The van der Waals surface area contributed by atoms with E-state index < -0.39 is 18.2 Å². The van der Waals surface area contributed by atoms with Crippen LogP contribution in [0.15, 0.2) is 65.2 Å². The van der Waals surface area contributed by atoms with Crippen molar-refractivity contribution >= 4 is 29.4 Å². The van der Waals surface area contributed by atoms with Crippen molar-refractivity contribution in [1.29, 1.82) is 0 Å². The third kappa shape index (κ3) is 7.12. The molecule has 1 amide bonds. The molecule has 2 aliphatic rings. The van der Waals surface area contributed by atoms with E-state index in [1.165, 1.54) is 24.3 Å². The first-order chi connectivity index (χ1) is 19.1. The molecule has 1 heterocycles. The molecule has 5 N–H and O–H groups in total. The minimum absolute atomic E-state index is 0.0409. The Morgan fingerprint density at radius 3 is 2.30 bits per heavy atom. The van der Waals surface area contributed by atoms with Crippen LogP contribution in [-0.2, 0) is 11.3 Å². The van der Waals surface area contributed by atoms with Crippen LogP contribution in [0.25, 0.3) is 0 Å². The van der Waals surface area contributed by atoms with E-state index in [1.807, 2.05) is 38.1 Å². The van der Waals surface area contributed by atoms with Gasteiger partial charge in [0.15, 0.2) is 11.6 Å². The monoisotopic (exact) mass is 549 g/mol. The number of Topliss-reactive ketones (excluding diaryl/α,β-unsaturated/α-hetero) is 1. The second kappa shape index (κ2) is 12.9. The fourth-order valence-electron chi connectivity index (χ4n) is 4.83. The predicted molar refractivity (Wildman–Crippen MR) is 149 cm³/mol. The van der Waals surface area contributed by atoms with Gasteiger partial charge in [-0.25, -0.2) is 20.4 Å². The lowest BCUT2D eigenvalue weighted by molar-refractivity contribution is -0.118. The number of ketones is 1. The average Bonchev–Trinajstić information content (AvgIpc) is 2.93. The first-order valence-electron chi connectivity index (χ1n) is 13.2. The zero-order valence-electron chi connectivity index (χ0n) is 22.6. The zero-order valence-corrected chi connectivity index (χ0v) is 22.6. The minimum Gasteiger partial charge on any atom is -0.478 e. The van der Waals surface area contributed by atoms with Gasteiger partial charge in [0, 0.05) is 45.1 Å². The smallest absolute Gasteiger partial charge is 0.415 e. The molecule has 11 nitrogen and oxygen atoms in total. The number of aliphatic hydroxyl groups is 1. The van der Waals surface area contributed by atoms with E-state index in [0.29, 0.717) is 49.7 Å². The molecule has 0 spiro atoms. The number of aromatic carboxylic acids is 1. The lowest BCUT2D eigenvalue weighted by atomic mass is 9.80. The highest BCUT2D eigenvalue weighted by molar-refractivity contribution is 6.22. The second-order valence-electron chi connectivity index (χ2n) is 10.3. The summed E-state index contributed by atoms with van der Waals surface area (Å²) >= 11 is 0. The number of carbonyl (C=O) groups is 3. The van der Waals surface area contributed by atoms with E-state index in [2.05, 4.69) is 15.3 Å². The Labute approximate surface area is 232 Å². The van der Waals surface area contributed by atoms with Gasteiger partial charge in [-0.15, -0.1) is 0 Å². The molecular formula is C29H35N5O6. The largest absolute Gasteiger partial charge is 0.478 e. The summed E-state index contributed by atoms with van der Waals surface area (Å²) in [5.41, 5.74) is 4.78. The topological polar surface area (TPSA) is 158 Å². The summed E-state index contributed by atoms with van der Waals surface area (Å²) in [6.07, 6.45) is 0.632. The van der Waals surface area contributed by atoms with Crippen LogP contribution < -0.4 is 16.0 Å². The van der Waals surface area contributed by atoms with E-state index in [1.54, 1.807) is 11.0 Å². The van der Waals surface area contributed by atoms with Crippen LogP contribution in [0.4, 0.5) is 10.5 Å². The van der Waals surface area contributed by atoms with Crippen LogP contribution in [-0.4, -0.2) is 76.0 Å². The number of nitrogens with one attached hydrogen (secondary N) is 1. The van der Waals surface area contributed by atoms with Gasteiger partial charge in [-0.1, -0.05) is 32.1 Å². The number of hydrogen-bond donors (Lipinski definition) is 4. The Balaban J connectivity index is 1.31. The molecule has 4 rings (SSSR count). The van der Waals surface area contributed by atoms with Gasteiger partial charge in [0.25, 0.3) is 0 Å². The van der Waals surface area contributed by atoms with Gasteiger partial charge in [0.05, 0.1) is 22.9 Å². The van der Waals surface area contributed by atoms with Crippen molar-refractivity contribution in [2.75, 3.05) is 26.2 Å². The first-order valence-corrected chi connectivity index (χ1v) is 13.2. The van der Waals surface area contributed by atoms with Crippen LogP contribution in [0, 0.1) is 11.8 Å². The van der Waals surface area contributed by atoms with Crippen LogP contribution in [0.3, 0.4) is 0 Å². The molecule has 1 aliphatic carbocycles. The highest BCUT2D eigenvalue weighted by Crippen LogP contribution is 2.28. The van der Waals surface area contributed by atoms with E-state index >= 15 is 0 Å². The molecule has 212 valence electrons. The van der Waals surface area contributed by atoms with Crippen molar-refractivity contribution in [1.82, 2.24) is 15.2 Å². The zero-order chi connectivity index (χ0) is 28.8. The summed E-state index contributed by atoms with van der Waals surface area (Å²) in [7, 11) is 0. The summed E-state index contributed by atoms with van der Waals surface area (Å²) < 4.78 is 5.38. The van der Waals surface area contributed by atoms with Crippen LogP contribution >= 0.6 is 0 Å². The van der Waals surface area contributed by atoms with Gasteiger partial charge in [-0.3, -0.25) is 9.69 Å². The number of aliphatic hydroxyl groups excluding tert-OH is 1. The SMILES string of the molecule is CC(C)C1C=C(C(=Nc2ccc(CN3CCN(C(=O)Oc4ccc(C(=O)O)cc4)CC3)cc2)NN)C(=O)CC1O. The lowest BCUT2D eigenvalue weighted by Crippen LogP contribution is -2.49. The van der Waals surface area contributed by atoms with Gasteiger partial charge in [-0.2, -0.15) is 0 Å². The highest BCUT2D eigenvalue weighted by Gasteiger charge is 2.32. The molecule has 0 bridgehead atoms. The van der Waals surface area contributed by atoms with Crippen LogP contribution in [0.1, 0.15) is 36.2 Å². The molecule has 1 fully saturated rings. The number of rotatable bonds is 7. The molecule has 1 aliphatic heterocycles. The molecular weight excluding hydrogens is 514 g/mol. The number of carboxylic acid groups (broad SMARTS) is 1. The van der Waals surface area contributed by atoms with Crippen molar-refractivity contribution in [3.8, 4) is 5.75 Å². The number of amidine groups is 1. The van der Waals surface area contributed by atoms with E-state index in [0.717, 1.165) is 5.56 Å². The summed E-state index contributed by atoms with van der Waals surface area (Å²) in [6.45, 7) is 7.06. The van der Waals surface area contributed by atoms with Crippen molar-refractivity contribution in [2.45, 2.75) is 32.9 Å². The fraction of sp³-hybridized carbons (Fsp3) is 0.379. The number of amides is 1. The molecule has 2 unspecified atom stereocenters. The second-order valence-corrected chi connectivity index (χ2v) is 10.3. The highest BCUT2D eigenvalue weighted by atomic mass is 16.6. The van der Waals surface area contributed by atoms with Gasteiger partial charge < -0.3 is 25.3 Å². The number of benzene rings is 2. The van der Waals surface area contributed by atoms with E-state index in [-0.39, 0.29) is 35.4 Å². The number of hydrogen-bond acceptors (Lipinski definition) is 8. The fourth-order valence-corrected chi connectivity index (χ4v) is 4.83. The first kappa shape index (κ1) is 28.9. The third-order valence-electron chi connectivity index (χ3n) is 7.18. The van der Waals surface area contributed by atoms with Crippen molar-refractivity contribution < 1.29 is 29.3 Å². The molecule has 40 heavy (non-hydrogen) atoms. The minimum atomic E-state index is -1.04. The molecule has 0 aromatic heterocycles. The molecule has 11 heteroatoms. The Kier molecular flexibility index (Phi) is 9.30. The summed E-state index contributed by atoms with van der Waals surface area (Å²) in [6, 6.07) is 13.4. The number of hydrazine groups is 1. The number of carboxylic acids is 1. The van der Waals surface area contributed by atoms with Crippen molar-refractivity contribution in [3.63, 3.8) is 0 Å². The number of nitrogens with two attached hydrogens (primary N) is 1. The summed E-state index contributed by atoms with van der Waals surface area (Å²) in [5.74, 6) is 5.07. The maximum atomic E-state index is 12.6. The van der Waals surface area contributed by atoms with Crippen molar-refractivity contribution in [3.05, 3.63) is 71.3 Å².